The number of hydrogen-bond acceptors (Lipinski definition) is 4. The highest BCUT2D eigenvalue weighted by Gasteiger charge is 2.42. The van der Waals surface area contributed by atoms with E-state index in [1.165, 1.54) is 6.20 Å². The highest BCUT2D eigenvalue weighted by atomic mass is 35.5. The number of carbonyl (C=O) groups is 1. The molecule has 5 nitrogen and oxygen atoms in total. The van der Waals surface area contributed by atoms with Crippen LogP contribution in [-0.4, -0.2) is 27.5 Å². The molecule has 2 heterocycles. The van der Waals surface area contributed by atoms with E-state index in [1.54, 1.807) is 0 Å². The zero-order valence-electron chi connectivity index (χ0n) is 10.3. The van der Waals surface area contributed by atoms with Gasteiger partial charge in [0.15, 0.2) is 5.82 Å². The highest BCUT2D eigenvalue weighted by molar-refractivity contribution is 6.28. The van der Waals surface area contributed by atoms with Crippen molar-refractivity contribution >= 4 is 29.0 Å². The first-order valence-corrected chi connectivity index (χ1v) is 5.85. The van der Waals surface area contributed by atoms with E-state index in [9.17, 15) is 4.79 Å². The molecule has 1 amide bonds. The molecule has 0 saturated heterocycles. The molecule has 1 aromatic heterocycles. The number of rotatable bonds is 1. The lowest BCUT2D eigenvalue weighted by molar-refractivity contribution is -0.120. The maximum Gasteiger partial charge on any atom is 0.249 e. The quantitative estimate of drug-likeness (QED) is 0.780. The number of nitrogens with one attached hydrogen (secondary N) is 1. The molecule has 92 valence electrons. The van der Waals surface area contributed by atoms with Gasteiger partial charge in [-0.3, -0.25) is 4.79 Å². The summed E-state index contributed by atoms with van der Waals surface area (Å²) in [5, 5.41) is 2.98. The predicted octanol–water partition coefficient (Wildman–Crippen LogP) is 2.08. The van der Waals surface area contributed by atoms with Crippen LogP contribution in [0.3, 0.4) is 0 Å². The number of nitrogens with zero attached hydrogens (tertiary/aromatic N) is 3. The summed E-state index contributed by atoms with van der Waals surface area (Å²) in [6, 6.07) is 0.140. The Balaban J connectivity index is 2.61. The van der Waals surface area contributed by atoms with Crippen LogP contribution < -0.4 is 10.2 Å². The predicted molar refractivity (Wildman–Crippen MR) is 67.4 cm³/mol. The molecular weight excluding hydrogens is 240 g/mol. The first-order chi connectivity index (χ1) is 7.84. The third kappa shape index (κ3) is 1.84. The van der Waals surface area contributed by atoms with Gasteiger partial charge in [0.2, 0.25) is 11.2 Å². The van der Waals surface area contributed by atoms with Crippen LogP contribution in [0, 0.1) is 0 Å². The first kappa shape index (κ1) is 12.1. The summed E-state index contributed by atoms with van der Waals surface area (Å²) in [6.45, 7) is 7.75. The zero-order valence-corrected chi connectivity index (χ0v) is 11.0. The average molecular weight is 255 g/mol. The molecule has 0 spiro atoms. The van der Waals surface area contributed by atoms with Crippen molar-refractivity contribution in [3.63, 3.8) is 0 Å². The van der Waals surface area contributed by atoms with Gasteiger partial charge >= 0.3 is 0 Å². The van der Waals surface area contributed by atoms with Gasteiger partial charge in [0.25, 0.3) is 0 Å². The lowest BCUT2D eigenvalue weighted by Crippen LogP contribution is -2.59. The van der Waals surface area contributed by atoms with Gasteiger partial charge in [0.1, 0.15) is 11.2 Å². The van der Waals surface area contributed by atoms with Crippen molar-refractivity contribution in [1.82, 2.24) is 9.97 Å². The monoisotopic (exact) mass is 254 g/mol. The minimum absolute atomic E-state index is 0.0652. The van der Waals surface area contributed by atoms with Crippen molar-refractivity contribution in [3.8, 4) is 0 Å². The van der Waals surface area contributed by atoms with E-state index in [0.717, 1.165) is 0 Å². The van der Waals surface area contributed by atoms with Crippen molar-refractivity contribution < 1.29 is 4.79 Å². The summed E-state index contributed by atoms with van der Waals surface area (Å²) < 4.78 is 0. The topological polar surface area (TPSA) is 58.1 Å². The fourth-order valence-electron chi connectivity index (χ4n) is 2.16. The number of fused-ring (bicyclic) bond motifs is 1. The number of hydrogen-bond donors (Lipinski definition) is 1. The third-order valence-electron chi connectivity index (χ3n) is 2.89. The van der Waals surface area contributed by atoms with Gasteiger partial charge < -0.3 is 10.2 Å². The van der Waals surface area contributed by atoms with Crippen molar-refractivity contribution in [2.24, 2.45) is 0 Å². The van der Waals surface area contributed by atoms with Crippen LogP contribution >= 0.6 is 11.6 Å². The van der Waals surface area contributed by atoms with E-state index >= 15 is 0 Å². The normalized spacial score (nSPS) is 18.0. The van der Waals surface area contributed by atoms with E-state index in [-0.39, 0.29) is 17.2 Å². The molecule has 2 rings (SSSR count). The fourth-order valence-corrected chi connectivity index (χ4v) is 2.29. The molecule has 17 heavy (non-hydrogen) atoms. The Kier molecular flexibility index (Phi) is 2.73. The summed E-state index contributed by atoms with van der Waals surface area (Å²) >= 11 is 5.81. The van der Waals surface area contributed by atoms with Crippen LogP contribution in [0.1, 0.15) is 27.7 Å². The Morgan fingerprint density at radius 1 is 1.47 bits per heavy atom. The fraction of sp³-hybridized carbons (Fsp3) is 0.545. The van der Waals surface area contributed by atoms with Crippen LogP contribution in [0.25, 0.3) is 0 Å². The van der Waals surface area contributed by atoms with Crippen molar-refractivity contribution in [1.29, 1.82) is 0 Å². The van der Waals surface area contributed by atoms with Crippen LogP contribution in [0.5, 0.6) is 0 Å². The van der Waals surface area contributed by atoms with Gasteiger partial charge in [-0.1, -0.05) is 0 Å². The Labute approximate surface area is 105 Å². The average Bonchev–Trinajstić information content (AvgIpc) is 2.19. The molecule has 1 aliphatic rings. The summed E-state index contributed by atoms with van der Waals surface area (Å²) in [7, 11) is 0. The van der Waals surface area contributed by atoms with Gasteiger partial charge in [-0.2, -0.15) is 4.98 Å². The van der Waals surface area contributed by atoms with Gasteiger partial charge in [-0.25, -0.2) is 4.98 Å². The number of amides is 1. The Morgan fingerprint density at radius 3 is 2.71 bits per heavy atom. The van der Waals surface area contributed by atoms with E-state index in [2.05, 4.69) is 15.3 Å². The molecule has 0 radical (unpaired) electrons. The molecule has 0 fully saturated rings. The number of carbonyl (C=O) groups excluding carboxylic acids is 1. The number of anilines is 2. The highest BCUT2D eigenvalue weighted by Crippen LogP contribution is 2.36. The summed E-state index contributed by atoms with van der Waals surface area (Å²) in [5.74, 6) is 0.606. The lowest BCUT2D eigenvalue weighted by atomic mass is 9.96. The van der Waals surface area contributed by atoms with Crippen LogP contribution in [0.2, 0.25) is 5.28 Å². The molecule has 0 aliphatic carbocycles. The summed E-state index contributed by atoms with van der Waals surface area (Å²) in [4.78, 5) is 22.1. The van der Waals surface area contributed by atoms with Crippen molar-refractivity contribution in [3.05, 3.63) is 11.5 Å². The van der Waals surface area contributed by atoms with E-state index in [1.807, 2.05) is 32.6 Å². The van der Waals surface area contributed by atoms with Crippen LogP contribution in [0.4, 0.5) is 11.5 Å². The standard InChI is InChI=1S/C11H15ClN4O/c1-6(2)16-8-7(5-13-10(12)15-8)14-9(17)11(16,3)4/h5-6H,1-4H3,(H,14,17). The Bertz CT molecular complexity index is 473. The molecular formula is C11H15ClN4O. The van der Waals surface area contributed by atoms with Crippen LogP contribution in [0.15, 0.2) is 6.20 Å². The molecule has 0 unspecified atom stereocenters. The van der Waals surface area contributed by atoms with E-state index in [0.29, 0.717) is 11.5 Å². The van der Waals surface area contributed by atoms with Gasteiger partial charge in [0, 0.05) is 6.04 Å². The van der Waals surface area contributed by atoms with Crippen LogP contribution in [-0.2, 0) is 4.79 Å². The van der Waals surface area contributed by atoms with E-state index < -0.39 is 5.54 Å². The Morgan fingerprint density at radius 2 is 2.12 bits per heavy atom. The zero-order chi connectivity index (χ0) is 12.8. The maximum atomic E-state index is 12.0. The summed E-state index contributed by atoms with van der Waals surface area (Å²) in [5.41, 5.74) is -0.0498. The van der Waals surface area contributed by atoms with E-state index in [4.69, 9.17) is 11.6 Å². The second-order valence-electron chi connectivity index (χ2n) is 4.85. The minimum atomic E-state index is -0.654. The molecule has 0 aromatic carbocycles. The number of halogens is 1. The molecule has 0 bridgehead atoms. The third-order valence-corrected chi connectivity index (χ3v) is 3.07. The van der Waals surface area contributed by atoms with Gasteiger partial charge in [0.05, 0.1) is 6.20 Å². The molecule has 1 N–H and O–H groups in total. The molecule has 0 atom stereocenters. The molecule has 6 heteroatoms. The van der Waals surface area contributed by atoms with Gasteiger partial charge in [-0.05, 0) is 39.3 Å². The SMILES string of the molecule is CC(C)N1c2nc(Cl)ncc2NC(=O)C1(C)C. The van der Waals surface area contributed by atoms with Crippen molar-refractivity contribution in [2.75, 3.05) is 10.2 Å². The second kappa shape index (κ2) is 3.84. The lowest BCUT2D eigenvalue weighted by Gasteiger charge is -2.44. The van der Waals surface area contributed by atoms with Crippen molar-refractivity contribution in [2.45, 2.75) is 39.3 Å². The first-order valence-electron chi connectivity index (χ1n) is 5.47. The Hall–Kier alpha value is -1.36. The summed E-state index contributed by atoms with van der Waals surface area (Å²) in [6.07, 6.45) is 1.53. The smallest absolute Gasteiger partial charge is 0.249 e. The maximum absolute atomic E-state index is 12.0. The molecule has 1 aromatic rings. The molecule has 1 aliphatic heterocycles. The minimum Gasteiger partial charge on any atom is -0.338 e. The number of aromatic nitrogens is 2. The molecule has 0 saturated carbocycles. The van der Waals surface area contributed by atoms with Gasteiger partial charge in [-0.15, -0.1) is 0 Å². The largest absolute Gasteiger partial charge is 0.338 e. The second-order valence-corrected chi connectivity index (χ2v) is 5.19.